The number of nitrogens with one attached hydrogen (secondary N) is 1. The van der Waals surface area contributed by atoms with Gasteiger partial charge in [0.1, 0.15) is 5.75 Å². The average molecular weight is 424 g/mol. The number of hydrogen-bond acceptors (Lipinski definition) is 9. The van der Waals surface area contributed by atoms with Gasteiger partial charge in [0.15, 0.2) is 18.9 Å². The van der Waals surface area contributed by atoms with Gasteiger partial charge in [-0.15, -0.1) is 0 Å². The van der Waals surface area contributed by atoms with E-state index in [0.717, 1.165) is 16.8 Å². The predicted molar refractivity (Wildman–Crippen MR) is 96.0 cm³/mol. The molecule has 1 aromatic carbocycles. The summed E-state index contributed by atoms with van der Waals surface area (Å²) in [5.74, 6) is -2.31. The molecule has 3 heterocycles. The summed E-state index contributed by atoms with van der Waals surface area (Å²) in [5, 5.41) is -0.386. The van der Waals surface area contributed by atoms with E-state index in [9.17, 15) is 14.4 Å². The summed E-state index contributed by atoms with van der Waals surface area (Å²) in [4.78, 5) is 36.8. The Bertz CT molecular complexity index is 1060. The van der Waals surface area contributed by atoms with Crippen LogP contribution in [0.2, 0.25) is 0 Å². The molecule has 12 heteroatoms. The van der Waals surface area contributed by atoms with Crippen molar-refractivity contribution in [2.45, 2.75) is 24.3 Å². The van der Waals surface area contributed by atoms with E-state index in [1.54, 1.807) is 30.3 Å². The molecule has 1 N–H and O–H groups in total. The maximum absolute atomic E-state index is 15.5. The van der Waals surface area contributed by atoms with Crippen LogP contribution in [0.25, 0.3) is 0 Å². The molecule has 4 rings (SSSR count). The highest BCUT2D eigenvalue weighted by molar-refractivity contribution is 7.79. The van der Waals surface area contributed by atoms with Crippen LogP contribution in [0.4, 0.5) is 9.18 Å². The number of carbonyl (C=O) groups excluding carboxylic acids is 1. The standard InChI is InChI=1S/C17H13FN2O8S/c18-17(8-24-16(29)25-9-4-2-1-3-5-9)12-11(26-15(23)27-12)13(28-17)20-7-6-10(21)19-14(20)22/h1-7,11-13H,8H2,(H,19,21,22)/t11-,12+,13-,17-/m1/s1. The molecule has 2 fully saturated rings. The Kier molecular flexibility index (Phi) is 4.80. The minimum Gasteiger partial charge on any atom is -0.450 e. The van der Waals surface area contributed by atoms with Crippen LogP contribution in [0.1, 0.15) is 6.23 Å². The number of halogens is 1. The molecule has 2 aliphatic heterocycles. The first-order valence-corrected chi connectivity index (χ1v) is 8.72. The van der Waals surface area contributed by atoms with Crippen molar-refractivity contribution in [1.29, 1.82) is 0 Å². The molecular weight excluding hydrogens is 411 g/mol. The van der Waals surface area contributed by atoms with Gasteiger partial charge in [-0.05, 0) is 12.1 Å². The molecule has 0 unspecified atom stereocenters. The van der Waals surface area contributed by atoms with Crippen LogP contribution < -0.4 is 16.0 Å². The number of nitrogens with zero attached hydrogens (tertiary/aromatic N) is 1. The SMILES string of the molecule is O=C1O[C@H]2[C@H](n3ccc(=O)[nH]c3=O)O[C@](F)(COC(=S)Oc3ccccc3)[C@H]2O1. The fraction of sp³-hybridized carbons (Fsp3) is 0.294. The van der Waals surface area contributed by atoms with Gasteiger partial charge in [-0.25, -0.2) is 14.0 Å². The van der Waals surface area contributed by atoms with Crippen LogP contribution in [0.3, 0.4) is 0 Å². The summed E-state index contributed by atoms with van der Waals surface area (Å²) in [5.41, 5.74) is -1.53. The lowest BCUT2D eigenvalue weighted by Crippen LogP contribution is -2.43. The van der Waals surface area contributed by atoms with Crippen molar-refractivity contribution in [1.82, 2.24) is 9.55 Å². The Balaban J connectivity index is 1.51. The van der Waals surface area contributed by atoms with E-state index in [4.69, 9.17) is 35.9 Å². The van der Waals surface area contributed by atoms with Gasteiger partial charge >= 0.3 is 17.1 Å². The van der Waals surface area contributed by atoms with E-state index in [-0.39, 0.29) is 5.24 Å². The Morgan fingerprint density at radius 1 is 1.21 bits per heavy atom. The first-order valence-electron chi connectivity index (χ1n) is 8.31. The number of carbonyl (C=O) groups is 1. The molecule has 0 saturated carbocycles. The normalized spacial score (nSPS) is 27.6. The third-order valence-electron chi connectivity index (χ3n) is 4.23. The van der Waals surface area contributed by atoms with Gasteiger partial charge in [0.25, 0.3) is 11.4 Å². The Morgan fingerprint density at radius 2 is 1.97 bits per heavy atom. The third kappa shape index (κ3) is 3.71. The van der Waals surface area contributed by atoms with Gasteiger partial charge < -0.3 is 23.7 Å². The summed E-state index contributed by atoms with van der Waals surface area (Å²) in [6.45, 7) is -0.801. The van der Waals surface area contributed by atoms with Crippen molar-refractivity contribution in [2.75, 3.05) is 6.61 Å². The van der Waals surface area contributed by atoms with Gasteiger partial charge in [0.2, 0.25) is 6.10 Å². The van der Waals surface area contributed by atoms with Crippen LogP contribution in [-0.4, -0.2) is 45.6 Å². The van der Waals surface area contributed by atoms with Crippen LogP contribution in [0, 0.1) is 0 Å². The van der Waals surface area contributed by atoms with Gasteiger partial charge in [0, 0.05) is 24.5 Å². The number of rotatable bonds is 4. The molecule has 1 aromatic heterocycles. The highest BCUT2D eigenvalue weighted by atomic mass is 32.1. The number of aromatic amines is 1. The zero-order valence-electron chi connectivity index (χ0n) is 14.5. The highest BCUT2D eigenvalue weighted by Crippen LogP contribution is 2.44. The molecule has 0 amide bonds. The maximum atomic E-state index is 15.5. The number of ether oxygens (including phenoxy) is 5. The van der Waals surface area contributed by atoms with Crippen LogP contribution in [0.15, 0.2) is 52.2 Å². The van der Waals surface area contributed by atoms with E-state index in [2.05, 4.69) is 0 Å². The first-order chi connectivity index (χ1) is 13.9. The third-order valence-corrected chi connectivity index (χ3v) is 4.43. The number of alkyl halides is 1. The largest absolute Gasteiger partial charge is 0.509 e. The quantitative estimate of drug-likeness (QED) is 0.567. The summed E-state index contributed by atoms with van der Waals surface area (Å²) < 4.78 is 41.8. The zero-order valence-corrected chi connectivity index (χ0v) is 15.3. The minimum atomic E-state index is -2.69. The van der Waals surface area contributed by atoms with Crippen LogP contribution in [0.5, 0.6) is 5.75 Å². The molecule has 0 radical (unpaired) electrons. The fourth-order valence-electron chi connectivity index (χ4n) is 2.98. The Hall–Kier alpha value is -3.25. The number of hydrogen-bond donors (Lipinski definition) is 1. The zero-order chi connectivity index (χ0) is 20.6. The number of thiocarbonyl (C=S) groups is 1. The molecular formula is C17H13FN2O8S. The fourth-order valence-corrected chi connectivity index (χ4v) is 3.13. The number of H-pyrrole nitrogens is 1. The van der Waals surface area contributed by atoms with Crippen molar-refractivity contribution in [3.05, 3.63) is 63.4 Å². The molecule has 0 spiro atoms. The van der Waals surface area contributed by atoms with E-state index >= 15 is 4.39 Å². The topological polar surface area (TPSA) is 118 Å². The van der Waals surface area contributed by atoms with Crippen molar-refractivity contribution in [3.8, 4) is 5.75 Å². The summed E-state index contributed by atoms with van der Waals surface area (Å²) in [7, 11) is 0. The second-order valence-electron chi connectivity index (χ2n) is 6.14. The molecule has 2 aromatic rings. The molecule has 2 aliphatic rings. The molecule has 152 valence electrons. The van der Waals surface area contributed by atoms with Crippen molar-refractivity contribution >= 4 is 23.6 Å². The number of para-hydroxylation sites is 1. The van der Waals surface area contributed by atoms with Crippen LogP contribution >= 0.6 is 12.2 Å². The number of benzene rings is 1. The Morgan fingerprint density at radius 3 is 2.69 bits per heavy atom. The first kappa shape index (κ1) is 19.1. The molecule has 29 heavy (non-hydrogen) atoms. The second kappa shape index (κ2) is 7.29. The molecule has 4 atom stereocenters. The average Bonchev–Trinajstić information content (AvgIpc) is 3.19. The minimum absolute atomic E-state index is 0.379. The van der Waals surface area contributed by atoms with Gasteiger partial charge in [0.05, 0.1) is 0 Å². The van der Waals surface area contributed by atoms with E-state index in [1.165, 1.54) is 0 Å². The highest BCUT2D eigenvalue weighted by Gasteiger charge is 2.65. The maximum Gasteiger partial charge on any atom is 0.509 e. The summed E-state index contributed by atoms with van der Waals surface area (Å²) in [6.07, 6.45) is -4.25. The molecule has 0 aliphatic carbocycles. The van der Waals surface area contributed by atoms with Crippen molar-refractivity contribution < 1.29 is 32.9 Å². The van der Waals surface area contributed by atoms with Crippen LogP contribution in [-0.2, 0) is 18.9 Å². The monoisotopic (exact) mass is 424 g/mol. The second-order valence-corrected chi connectivity index (χ2v) is 6.47. The predicted octanol–water partition coefficient (Wildman–Crippen LogP) is 1.02. The van der Waals surface area contributed by atoms with E-state index in [1.807, 2.05) is 4.98 Å². The van der Waals surface area contributed by atoms with Gasteiger partial charge in [-0.1, -0.05) is 18.2 Å². The lowest BCUT2D eigenvalue weighted by molar-refractivity contribution is -0.209. The lowest BCUT2D eigenvalue weighted by Gasteiger charge is -2.23. The molecule has 10 nitrogen and oxygen atoms in total. The number of aromatic nitrogens is 2. The van der Waals surface area contributed by atoms with Gasteiger partial charge in [-0.2, -0.15) is 0 Å². The van der Waals surface area contributed by atoms with Crippen molar-refractivity contribution in [3.63, 3.8) is 0 Å². The molecule has 0 bridgehead atoms. The number of fused-ring (bicyclic) bond motifs is 1. The van der Waals surface area contributed by atoms with Gasteiger partial charge in [-0.3, -0.25) is 14.3 Å². The van der Waals surface area contributed by atoms with Crippen molar-refractivity contribution in [2.24, 2.45) is 0 Å². The summed E-state index contributed by atoms with van der Waals surface area (Å²) >= 11 is 4.92. The smallest absolute Gasteiger partial charge is 0.450 e. The summed E-state index contributed by atoms with van der Waals surface area (Å²) in [6, 6.07) is 9.47. The lowest BCUT2D eigenvalue weighted by atomic mass is 10.1. The molecule has 2 saturated heterocycles. The van der Waals surface area contributed by atoms with E-state index in [0.29, 0.717) is 5.75 Å². The Labute approximate surface area is 166 Å². The van der Waals surface area contributed by atoms with E-state index < -0.39 is 48.3 Å².